The summed E-state index contributed by atoms with van der Waals surface area (Å²) >= 11 is 0. The van der Waals surface area contributed by atoms with Crippen LogP contribution in [0.1, 0.15) is 19.8 Å². The predicted molar refractivity (Wildman–Crippen MR) is 74.8 cm³/mol. The summed E-state index contributed by atoms with van der Waals surface area (Å²) in [7, 11) is 0. The molecule has 0 bridgehead atoms. The molecule has 1 atom stereocenters. The second-order valence-corrected chi connectivity index (χ2v) is 4.97. The van der Waals surface area contributed by atoms with E-state index >= 15 is 0 Å². The zero-order valence-electron chi connectivity index (χ0n) is 11.1. The lowest BCUT2D eigenvalue weighted by Gasteiger charge is -2.23. The average molecular weight is 265 g/mol. The second-order valence-electron chi connectivity index (χ2n) is 4.97. The molecule has 3 N–H and O–H groups in total. The number of amides is 1. The Kier molecular flexibility index (Phi) is 4.74. The lowest BCUT2D eigenvalue weighted by molar-refractivity contribution is -0.114. The highest BCUT2D eigenvalue weighted by molar-refractivity contribution is 5.89. The van der Waals surface area contributed by atoms with E-state index in [0.29, 0.717) is 5.92 Å². The third kappa shape index (κ3) is 4.21. The van der Waals surface area contributed by atoms with Crippen molar-refractivity contribution in [2.24, 2.45) is 5.92 Å². The van der Waals surface area contributed by atoms with Gasteiger partial charge in [-0.1, -0.05) is 0 Å². The van der Waals surface area contributed by atoms with Crippen molar-refractivity contribution in [1.29, 1.82) is 0 Å². The maximum atomic E-state index is 13.5. The molecule has 0 radical (unpaired) electrons. The zero-order valence-corrected chi connectivity index (χ0v) is 11.1. The third-order valence-electron chi connectivity index (χ3n) is 3.27. The highest BCUT2D eigenvalue weighted by Crippen LogP contribution is 2.20. The van der Waals surface area contributed by atoms with E-state index in [1.54, 1.807) is 12.1 Å². The Morgan fingerprint density at radius 1 is 1.53 bits per heavy atom. The molecule has 1 aromatic rings. The van der Waals surface area contributed by atoms with Crippen molar-refractivity contribution in [2.45, 2.75) is 19.8 Å². The van der Waals surface area contributed by atoms with Gasteiger partial charge in [0, 0.05) is 19.2 Å². The number of benzene rings is 1. The van der Waals surface area contributed by atoms with Crippen LogP contribution in [-0.2, 0) is 4.79 Å². The zero-order chi connectivity index (χ0) is 13.7. The van der Waals surface area contributed by atoms with Crippen molar-refractivity contribution in [3.05, 3.63) is 24.0 Å². The Bertz CT molecular complexity index is 444. The molecule has 0 aromatic heterocycles. The molecule has 4 nitrogen and oxygen atoms in total. The lowest BCUT2D eigenvalue weighted by atomic mass is 10.00. The maximum Gasteiger partial charge on any atom is 0.221 e. The van der Waals surface area contributed by atoms with Crippen molar-refractivity contribution >= 4 is 17.3 Å². The monoisotopic (exact) mass is 265 g/mol. The van der Waals surface area contributed by atoms with Crippen molar-refractivity contribution in [2.75, 3.05) is 30.3 Å². The van der Waals surface area contributed by atoms with Crippen LogP contribution in [0, 0.1) is 11.7 Å². The number of carbonyl (C=O) groups excluding carboxylic acids is 1. The highest BCUT2D eigenvalue weighted by Gasteiger charge is 2.12. The number of piperidine rings is 1. The van der Waals surface area contributed by atoms with E-state index in [1.807, 2.05) is 0 Å². The summed E-state index contributed by atoms with van der Waals surface area (Å²) in [5.74, 6) is -0.0874. The fourth-order valence-electron chi connectivity index (χ4n) is 2.28. The van der Waals surface area contributed by atoms with Gasteiger partial charge in [0.15, 0.2) is 0 Å². The number of halogens is 1. The molecular weight excluding hydrogens is 245 g/mol. The topological polar surface area (TPSA) is 53.2 Å². The van der Waals surface area contributed by atoms with Crippen LogP contribution in [0.3, 0.4) is 0 Å². The van der Waals surface area contributed by atoms with Crippen LogP contribution in [0.15, 0.2) is 18.2 Å². The molecule has 1 aliphatic heterocycles. The highest BCUT2D eigenvalue weighted by atomic mass is 19.1. The molecule has 2 rings (SSSR count). The largest absolute Gasteiger partial charge is 0.385 e. The van der Waals surface area contributed by atoms with Gasteiger partial charge >= 0.3 is 0 Å². The third-order valence-corrected chi connectivity index (χ3v) is 3.27. The van der Waals surface area contributed by atoms with E-state index in [9.17, 15) is 9.18 Å². The van der Waals surface area contributed by atoms with Crippen molar-refractivity contribution in [3.63, 3.8) is 0 Å². The fourth-order valence-corrected chi connectivity index (χ4v) is 2.28. The Hall–Kier alpha value is -1.62. The minimum atomic E-state index is -0.417. The van der Waals surface area contributed by atoms with E-state index < -0.39 is 5.82 Å². The number of carbonyl (C=O) groups is 1. The molecule has 1 fully saturated rings. The van der Waals surface area contributed by atoms with Crippen molar-refractivity contribution < 1.29 is 9.18 Å². The van der Waals surface area contributed by atoms with E-state index in [-0.39, 0.29) is 11.6 Å². The molecule has 1 heterocycles. The summed E-state index contributed by atoms with van der Waals surface area (Å²) in [6, 6.07) is 4.69. The van der Waals surface area contributed by atoms with Crippen molar-refractivity contribution in [1.82, 2.24) is 5.32 Å². The van der Waals surface area contributed by atoms with Gasteiger partial charge in [0.2, 0.25) is 5.91 Å². The van der Waals surface area contributed by atoms with Crippen molar-refractivity contribution in [3.8, 4) is 0 Å². The molecule has 1 saturated heterocycles. The van der Waals surface area contributed by atoms with Gasteiger partial charge in [0.25, 0.3) is 0 Å². The van der Waals surface area contributed by atoms with Crippen LogP contribution in [-0.4, -0.2) is 25.5 Å². The van der Waals surface area contributed by atoms with E-state index in [4.69, 9.17) is 0 Å². The Morgan fingerprint density at radius 2 is 2.37 bits per heavy atom. The quantitative estimate of drug-likeness (QED) is 0.782. The fraction of sp³-hybridized carbons (Fsp3) is 0.500. The van der Waals surface area contributed by atoms with Crippen LogP contribution >= 0.6 is 0 Å². The van der Waals surface area contributed by atoms with Gasteiger partial charge in [0.1, 0.15) is 5.82 Å². The standard InChI is InChI=1S/C14H20FN3O/c1-10(19)18-14-7-12(4-5-13(14)15)17-9-11-3-2-6-16-8-11/h4-5,7,11,16-17H,2-3,6,8-9H2,1H3,(H,18,19). The molecule has 1 amide bonds. The summed E-state index contributed by atoms with van der Waals surface area (Å²) in [5.41, 5.74) is 1.05. The normalized spacial score (nSPS) is 18.9. The summed E-state index contributed by atoms with van der Waals surface area (Å²) < 4.78 is 13.5. The Morgan fingerprint density at radius 3 is 3.05 bits per heavy atom. The Labute approximate surface area is 112 Å². The van der Waals surface area contributed by atoms with E-state index in [1.165, 1.54) is 25.8 Å². The van der Waals surface area contributed by atoms with Gasteiger partial charge in [-0.2, -0.15) is 0 Å². The van der Waals surface area contributed by atoms with Gasteiger partial charge in [-0.05, 0) is 50.0 Å². The number of rotatable bonds is 4. The van der Waals surface area contributed by atoms with E-state index in [0.717, 1.165) is 25.3 Å². The molecule has 5 heteroatoms. The van der Waals surface area contributed by atoms with Gasteiger partial charge in [0.05, 0.1) is 5.69 Å². The van der Waals surface area contributed by atoms with E-state index in [2.05, 4.69) is 16.0 Å². The summed E-state index contributed by atoms with van der Waals surface area (Å²) in [6.45, 7) is 4.35. The van der Waals surface area contributed by atoms with Gasteiger partial charge < -0.3 is 16.0 Å². The number of hydrogen-bond acceptors (Lipinski definition) is 3. The second kappa shape index (κ2) is 6.52. The Balaban J connectivity index is 1.94. The maximum absolute atomic E-state index is 13.5. The molecule has 0 aliphatic carbocycles. The minimum Gasteiger partial charge on any atom is -0.385 e. The predicted octanol–water partition coefficient (Wildman–Crippen LogP) is 2.20. The molecule has 1 unspecified atom stereocenters. The smallest absolute Gasteiger partial charge is 0.221 e. The number of nitrogens with one attached hydrogen (secondary N) is 3. The SMILES string of the molecule is CC(=O)Nc1cc(NCC2CCCNC2)ccc1F. The van der Waals surface area contributed by atoms with Gasteiger partial charge in [-0.25, -0.2) is 4.39 Å². The van der Waals surface area contributed by atoms with Crippen LogP contribution < -0.4 is 16.0 Å². The molecule has 19 heavy (non-hydrogen) atoms. The first kappa shape index (κ1) is 13.8. The first-order chi connectivity index (χ1) is 9.15. The molecule has 0 spiro atoms. The summed E-state index contributed by atoms with van der Waals surface area (Å²) in [6.07, 6.45) is 2.41. The van der Waals surface area contributed by atoms with Crippen LogP contribution in [0.2, 0.25) is 0 Å². The number of anilines is 2. The molecule has 0 saturated carbocycles. The summed E-state index contributed by atoms with van der Waals surface area (Å²) in [5, 5.41) is 9.14. The van der Waals surface area contributed by atoms with Crippen LogP contribution in [0.5, 0.6) is 0 Å². The van der Waals surface area contributed by atoms with Crippen LogP contribution in [0.25, 0.3) is 0 Å². The lowest BCUT2D eigenvalue weighted by Crippen LogP contribution is -2.33. The van der Waals surface area contributed by atoms with Gasteiger partial charge in [-0.3, -0.25) is 4.79 Å². The molecular formula is C14H20FN3O. The van der Waals surface area contributed by atoms with Crippen LogP contribution in [0.4, 0.5) is 15.8 Å². The molecule has 104 valence electrons. The summed E-state index contributed by atoms with van der Waals surface area (Å²) in [4.78, 5) is 11.0. The van der Waals surface area contributed by atoms with Gasteiger partial charge in [-0.15, -0.1) is 0 Å². The average Bonchev–Trinajstić information content (AvgIpc) is 2.40. The molecule has 1 aromatic carbocycles. The minimum absolute atomic E-state index is 0.222. The first-order valence-electron chi connectivity index (χ1n) is 6.67. The molecule has 1 aliphatic rings. The first-order valence-corrected chi connectivity index (χ1v) is 6.67. The number of hydrogen-bond donors (Lipinski definition) is 3.